The Morgan fingerprint density at radius 1 is 1.17 bits per heavy atom. The van der Waals surface area contributed by atoms with Crippen LogP contribution in [0.4, 0.5) is 19.0 Å². The Morgan fingerprint density at radius 2 is 2.05 bits per heavy atom. The molecule has 3 aliphatic rings. The number of hydrogen-bond donors (Lipinski definition) is 2. The number of rotatable bonds is 4. The average molecular weight is 576 g/mol. The summed E-state index contributed by atoms with van der Waals surface area (Å²) in [4.78, 5) is 15.7. The van der Waals surface area contributed by atoms with Gasteiger partial charge in [-0.05, 0) is 61.7 Å². The van der Waals surface area contributed by atoms with Crippen molar-refractivity contribution in [3.8, 4) is 41.2 Å². The van der Waals surface area contributed by atoms with E-state index >= 15 is 4.39 Å². The van der Waals surface area contributed by atoms with E-state index in [9.17, 15) is 13.9 Å². The van der Waals surface area contributed by atoms with Crippen molar-refractivity contribution < 1.29 is 27.8 Å². The normalized spacial score (nSPS) is 21.9. The van der Waals surface area contributed by atoms with Gasteiger partial charge in [-0.3, -0.25) is 0 Å². The third-order valence-corrected chi connectivity index (χ3v) is 8.36. The Balaban J connectivity index is 1.39. The van der Waals surface area contributed by atoms with E-state index in [0.717, 1.165) is 25.8 Å². The second kappa shape index (κ2) is 10.5. The van der Waals surface area contributed by atoms with Gasteiger partial charge in [0, 0.05) is 24.0 Å². The van der Waals surface area contributed by atoms with Crippen molar-refractivity contribution in [2.24, 2.45) is 5.92 Å². The minimum atomic E-state index is -0.983. The molecule has 0 radical (unpaired) electrons. The Morgan fingerprint density at radius 3 is 2.86 bits per heavy atom. The quantitative estimate of drug-likeness (QED) is 0.333. The predicted molar refractivity (Wildman–Crippen MR) is 152 cm³/mol. The van der Waals surface area contributed by atoms with Crippen LogP contribution in [0.2, 0.25) is 0 Å². The number of phenols is 1. The summed E-state index contributed by atoms with van der Waals surface area (Å²) in [6, 6.07) is 5.38. The molecule has 8 nitrogen and oxygen atoms in total. The number of pyridine rings is 1. The van der Waals surface area contributed by atoms with Crippen LogP contribution in [-0.2, 0) is 0 Å². The summed E-state index contributed by atoms with van der Waals surface area (Å²) >= 11 is 0. The van der Waals surface area contributed by atoms with Gasteiger partial charge in [0.05, 0.1) is 18.2 Å². The van der Waals surface area contributed by atoms with Crippen molar-refractivity contribution >= 4 is 27.5 Å². The first-order chi connectivity index (χ1) is 20.4. The zero-order valence-electron chi connectivity index (χ0n) is 22.7. The highest BCUT2D eigenvalue weighted by Crippen LogP contribution is 2.44. The number of anilines is 1. The number of benzene rings is 2. The monoisotopic (exact) mass is 575 g/mol. The fourth-order valence-electron chi connectivity index (χ4n) is 6.16. The fraction of sp³-hybridized carbons (Fsp3) is 0.387. The first kappa shape index (κ1) is 26.6. The van der Waals surface area contributed by atoms with Crippen molar-refractivity contribution in [1.29, 1.82) is 0 Å². The number of fused-ring (bicyclic) bond motifs is 3. The van der Waals surface area contributed by atoms with Gasteiger partial charge in [-0.15, -0.1) is 6.42 Å². The van der Waals surface area contributed by atoms with Crippen LogP contribution in [0.3, 0.4) is 0 Å². The molecule has 2 fully saturated rings. The van der Waals surface area contributed by atoms with Crippen molar-refractivity contribution in [2.75, 3.05) is 37.7 Å². The zero-order chi connectivity index (χ0) is 29.0. The van der Waals surface area contributed by atoms with E-state index in [-0.39, 0.29) is 63.9 Å². The van der Waals surface area contributed by atoms with E-state index in [0.29, 0.717) is 42.7 Å². The van der Waals surface area contributed by atoms with Gasteiger partial charge >= 0.3 is 6.01 Å². The number of hydrogen-bond acceptors (Lipinski definition) is 8. The SMILES string of the molecule is C#Cc1c(F)ccc2cc(O)cc(-c3nc4c5c(nc(OC[C@@H]6CCCNC[C@H](F)C6)nc5c3F)N3CC[C@H]3CO4)c12. The van der Waals surface area contributed by atoms with Crippen LogP contribution in [0.5, 0.6) is 17.6 Å². The zero-order valence-corrected chi connectivity index (χ0v) is 22.7. The fourth-order valence-corrected chi connectivity index (χ4v) is 6.16. The van der Waals surface area contributed by atoms with Gasteiger partial charge in [-0.1, -0.05) is 12.0 Å². The number of ether oxygens (including phenoxy) is 2. The molecule has 4 aromatic rings. The Labute approximate surface area is 239 Å². The van der Waals surface area contributed by atoms with Gasteiger partial charge in [-0.25, -0.2) is 18.2 Å². The number of phenolic OH excluding ortho intramolecular Hbond substituents is 1. The van der Waals surface area contributed by atoms with Crippen LogP contribution in [0.15, 0.2) is 24.3 Å². The molecule has 2 N–H and O–H groups in total. The largest absolute Gasteiger partial charge is 0.508 e. The number of nitrogens with one attached hydrogen (secondary N) is 1. The molecule has 216 valence electrons. The molecule has 2 aromatic carbocycles. The highest BCUT2D eigenvalue weighted by atomic mass is 19.1. The summed E-state index contributed by atoms with van der Waals surface area (Å²) in [5.41, 5.74) is -0.257. The maximum atomic E-state index is 16.6. The number of aromatic nitrogens is 3. The number of aromatic hydroxyl groups is 1. The number of terminal acetylenes is 1. The lowest BCUT2D eigenvalue weighted by molar-refractivity contribution is 0.166. The molecule has 11 heteroatoms. The van der Waals surface area contributed by atoms with Gasteiger partial charge in [0.25, 0.3) is 0 Å². The summed E-state index contributed by atoms with van der Waals surface area (Å²) in [6.45, 7) is 2.24. The van der Waals surface area contributed by atoms with Gasteiger partial charge < -0.3 is 24.8 Å². The third kappa shape index (κ3) is 4.50. The maximum Gasteiger partial charge on any atom is 0.319 e. The molecule has 2 aromatic heterocycles. The van der Waals surface area contributed by atoms with Crippen molar-refractivity contribution in [1.82, 2.24) is 20.3 Å². The molecule has 7 rings (SSSR count). The summed E-state index contributed by atoms with van der Waals surface area (Å²) in [6.07, 6.45) is 7.55. The van der Waals surface area contributed by atoms with Crippen LogP contribution in [0.1, 0.15) is 31.2 Å². The lowest BCUT2D eigenvalue weighted by Gasteiger charge is -2.40. The molecule has 2 saturated heterocycles. The first-order valence-corrected chi connectivity index (χ1v) is 14.1. The minimum Gasteiger partial charge on any atom is -0.508 e. The standard InChI is InChI=1S/C31H28F3N5O3/c1-2-21-23(33)6-5-17-11-20(40)12-22(24(17)21)27-26(34)28-25-29(39-9-7-19(39)15-41-30(25)36-27)38-31(37-28)42-14-16-4-3-8-35-13-18(32)10-16/h1,5-6,11-12,16,18-19,35,40H,3-4,7-10,13-15H2/t16-,18-,19+/m1/s1. The van der Waals surface area contributed by atoms with Crippen LogP contribution < -0.4 is 19.7 Å². The number of alkyl halides is 1. The third-order valence-electron chi connectivity index (χ3n) is 8.36. The molecular formula is C31H28F3N5O3. The molecule has 42 heavy (non-hydrogen) atoms. The molecule has 0 amide bonds. The van der Waals surface area contributed by atoms with Gasteiger partial charge in [-0.2, -0.15) is 9.97 Å². The molecule has 0 unspecified atom stereocenters. The highest BCUT2D eigenvalue weighted by Gasteiger charge is 2.37. The topological polar surface area (TPSA) is 92.6 Å². The summed E-state index contributed by atoms with van der Waals surface area (Å²) in [5.74, 6) is 1.26. The predicted octanol–water partition coefficient (Wildman–Crippen LogP) is 4.89. The van der Waals surface area contributed by atoms with E-state index in [2.05, 4.69) is 26.2 Å². The van der Waals surface area contributed by atoms with Crippen molar-refractivity contribution in [3.63, 3.8) is 0 Å². The highest BCUT2D eigenvalue weighted by molar-refractivity contribution is 6.04. The second-order valence-corrected chi connectivity index (χ2v) is 11.1. The summed E-state index contributed by atoms with van der Waals surface area (Å²) in [7, 11) is 0. The Hall–Kier alpha value is -4.30. The minimum absolute atomic E-state index is 0.0193. The van der Waals surface area contributed by atoms with Crippen molar-refractivity contribution in [3.05, 3.63) is 41.5 Å². The molecule has 0 saturated carbocycles. The van der Waals surface area contributed by atoms with Crippen LogP contribution in [0.25, 0.3) is 32.9 Å². The van der Waals surface area contributed by atoms with E-state index in [1.165, 1.54) is 24.3 Å². The molecule has 0 aliphatic carbocycles. The summed E-state index contributed by atoms with van der Waals surface area (Å²) in [5, 5.41) is 14.6. The van der Waals surface area contributed by atoms with Gasteiger partial charge in [0.15, 0.2) is 5.82 Å². The first-order valence-electron chi connectivity index (χ1n) is 14.1. The molecule has 5 heterocycles. The molecule has 3 atom stereocenters. The van der Waals surface area contributed by atoms with E-state index in [1.54, 1.807) is 0 Å². The van der Waals surface area contributed by atoms with Crippen LogP contribution >= 0.6 is 0 Å². The van der Waals surface area contributed by atoms with Crippen LogP contribution in [-0.4, -0.2) is 65.1 Å². The van der Waals surface area contributed by atoms with Crippen molar-refractivity contribution in [2.45, 2.75) is 37.9 Å². The smallest absolute Gasteiger partial charge is 0.319 e. The van der Waals surface area contributed by atoms with E-state index < -0.39 is 17.8 Å². The lowest BCUT2D eigenvalue weighted by atomic mass is 9.95. The number of nitrogens with zero attached hydrogens (tertiary/aromatic N) is 4. The molecule has 3 aliphatic heterocycles. The molecule has 0 bridgehead atoms. The molecule has 0 spiro atoms. The number of halogens is 3. The molecular weight excluding hydrogens is 547 g/mol. The van der Waals surface area contributed by atoms with Gasteiger partial charge in [0.2, 0.25) is 5.88 Å². The Kier molecular flexibility index (Phi) is 6.66. The van der Waals surface area contributed by atoms with Crippen LogP contribution in [0, 0.1) is 29.9 Å². The van der Waals surface area contributed by atoms with E-state index in [4.69, 9.17) is 15.9 Å². The Bertz CT molecular complexity index is 1760. The summed E-state index contributed by atoms with van der Waals surface area (Å²) < 4.78 is 57.8. The maximum absolute atomic E-state index is 16.6. The van der Waals surface area contributed by atoms with E-state index in [1.807, 2.05) is 4.90 Å². The van der Waals surface area contributed by atoms with Gasteiger partial charge in [0.1, 0.15) is 46.8 Å². The average Bonchev–Trinajstić information content (AvgIpc) is 3.04. The lowest BCUT2D eigenvalue weighted by Crippen LogP contribution is -2.50. The second-order valence-electron chi connectivity index (χ2n) is 11.1.